The minimum absolute atomic E-state index is 0.196. The Labute approximate surface area is 371 Å². The summed E-state index contributed by atoms with van der Waals surface area (Å²) >= 11 is 0. The summed E-state index contributed by atoms with van der Waals surface area (Å²) in [5, 5.41) is 3.09. The number of benzene rings is 4. The van der Waals surface area contributed by atoms with Gasteiger partial charge in [0, 0.05) is 0 Å². The molecule has 2 aliphatic heterocycles. The van der Waals surface area contributed by atoms with Crippen LogP contribution < -0.4 is 5.32 Å². The Kier molecular flexibility index (Phi) is 21.1. The predicted octanol–water partition coefficient (Wildman–Crippen LogP) is 12.2. The van der Waals surface area contributed by atoms with Crippen LogP contribution >= 0.6 is 0 Å². The predicted molar refractivity (Wildman–Crippen MR) is 246 cm³/mol. The molecule has 62 heavy (non-hydrogen) atoms. The first-order valence-corrected chi connectivity index (χ1v) is 23.5. The number of hydrogen-bond donors (Lipinski definition) is 1. The van der Waals surface area contributed by atoms with E-state index in [1.54, 1.807) is 0 Å². The maximum atomic E-state index is 12.7. The van der Waals surface area contributed by atoms with Crippen molar-refractivity contribution in [2.24, 2.45) is 0 Å². The topological polar surface area (TPSA) is 84.5 Å². The smallest absolute Gasteiger partial charge is 0.408 e. The molecule has 0 aliphatic carbocycles. The summed E-state index contributed by atoms with van der Waals surface area (Å²) < 4.78 is 40.0. The van der Waals surface area contributed by atoms with Crippen LogP contribution in [0.4, 0.5) is 4.79 Å². The highest BCUT2D eigenvalue weighted by Gasteiger charge is 2.49. The lowest BCUT2D eigenvalue weighted by Gasteiger charge is -2.46. The van der Waals surface area contributed by atoms with Crippen molar-refractivity contribution in [3.05, 3.63) is 156 Å². The van der Waals surface area contributed by atoms with Crippen LogP contribution in [0.15, 0.2) is 133 Å². The zero-order chi connectivity index (χ0) is 42.9. The van der Waals surface area contributed by atoms with Gasteiger partial charge < -0.3 is 33.7 Å². The first-order valence-electron chi connectivity index (χ1n) is 23.5. The first kappa shape index (κ1) is 47.2. The van der Waals surface area contributed by atoms with E-state index in [4.69, 9.17) is 28.4 Å². The lowest BCUT2D eigenvalue weighted by Crippen LogP contribution is -2.61. The van der Waals surface area contributed by atoms with Crippen LogP contribution in [0.25, 0.3) is 0 Å². The van der Waals surface area contributed by atoms with Crippen LogP contribution in [0, 0.1) is 0 Å². The summed E-state index contributed by atoms with van der Waals surface area (Å²) in [5.41, 5.74) is 4.26. The van der Waals surface area contributed by atoms with Crippen molar-refractivity contribution < 1.29 is 33.2 Å². The normalized spacial score (nSPS) is 22.5. The number of nitrogens with one attached hydrogen (secondary N) is 1. The molecule has 1 N–H and O–H groups in total. The molecule has 0 aromatic heterocycles. The average Bonchev–Trinajstić information content (AvgIpc) is 3.67. The number of hydrogen-bond acceptors (Lipinski definition) is 7. The molecule has 2 saturated heterocycles. The van der Waals surface area contributed by atoms with Crippen LogP contribution in [0.5, 0.6) is 0 Å². The number of alkyl carbamates (subject to hydrolysis) is 1. The van der Waals surface area contributed by atoms with Gasteiger partial charge in [-0.3, -0.25) is 0 Å². The monoisotopic (exact) mass is 846 g/mol. The van der Waals surface area contributed by atoms with Crippen molar-refractivity contribution in [2.75, 3.05) is 6.61 Å². The molecule has 2 aliphatic rings. The van der Waals surface area contributed by atoms with Crippen molar-refractivity contribution in [2.45, 2.75) is 166 Å². The number of carbonyl (C=O) groups excluding carboxylic acids is 1. The molecule has 2 fully saturated rings. The molecule has 0 bridgehead atoms. The molecule has 0 radical (unpaired) electrons. The standard InChI is InChI=1S/C54H71NO7/c1-2-3-4-5-6-7-8-9-10-11-12-13-26-35-48-47(55-54(56)62-48)36-37-49-51(58-39-44-29-20-15-21-30-44)53(60-41-46-33-24-17-25-34-46)52(59-40-45-31-22-16-23-32-45)50(61-49)42-57-38-43-27-18-14-19-28-43/h14-35,47-53H,2-13,36-42H2,1H3,(H,55,56)/b35-26+/t47-,48+,49-,50+,51-,52-,53+/m0/s1. The van der Waals surface area contributed by atoms with E-state index in [0.717, 1.165) is 35.1 Å². The summed E-state index contributed by atoms with van der Waals surface area (Å²) in [6.45, 7) is 4.16. The summed E-state index contributed by atoms with van der Waals surface area (Å²) in [6.07, 6.45) is 17.9. The quantitative estimate of drug-likeness (QED) is 0.0430. The average molecular weight is 846 g/mol. The second kappa shape index (κ2) is 27.7. The van der Waals surface area contributed by atoms with Gasteiger partial charge in [-0.1, -0.05) is 199 Å². The summed E-state index contributed by atoms with van der Waals surface area (Å²) in [5.74, 6) is 0. The van der Waals surface area contributed by atoms with Crippen molar-refractivity contribution in [3.8, 4) is 0 Å². The van der Waals surface area contributed by atoms with Crippen LogP contribution in [0.2, 0.25) is 0 Å². The third-order valence-corrected chi connectivity index (χ3v) is 12.0. The van der Waals surface area contributed by atoms with Gasteiger partial charge in [0.15, 0.2) is 0 Å². The third-order valence-electron chi connectivity index (χ3n) is 12.0. The number of ether oxygens (including phenoxy) is 6. The van der Waals surface area contributed by atoms with Gasteiger partial charge in [-0.25, -0.2) is 4.79 Å². The minimum atomic E-state index is -0.507. The van der Waals surface area contributed by atoms with Gasteiger partial charge in [0.25, 0.3) is 0 Å². The molecular formula is C54H71NO7. The fourth-order valence-electron chi connectivity index (χ4n) is 8.50. The molecule has 334 valence electrons. The van der Waals surface area contributed by atoms with Crippen molar-refractivity contribution in [1.82, 2.24) is 5.32 Å². The molecule has 6 rings (SSSR count). The molecule has 4 aromatic rings. The summed E-state index contributed by atoms with van der Waals surface area (Å²) in [4.78, 5) is 12.7. The maximum Gasteiger partial charge on any atom is 0.408 e. The second-order valence-electron chi connectivity index (χ2n) is 16.9. The number of unbranched alkanes of at least 4 members (excludes halogenated alkanes) is 11. The van der Waals surface area contributed by atoms with Crippen LogP contribution in [-0.4, -0.2) is 55.4 Å². The lowest BCUT2D eigenvalue weighted by atomic mass is 9.90. The van der Waals surface area contributed by atoms with Gasteiger partial charge in [0.1, 0.15) is 30.5 Å². The molecule has 8 nitrogen and oxygen atoms in total. The highest BCUT2D eigenvalue weighted by Crippen LogP contribution is 2.34. The number of amides is 1. The van der Waals surface area contributed by atoms with E-state index in [1.165, 1.54) is 64.2 Å². The largest absolute Gasteiger partial charge is 0.440 e. The number of cyclic esters (lactones) is 1. The van der Waals surface area contributed by atoms with E-state index in [2.05, 4.69) is 72.9 Å². The summed E-state index contributed by atoms with van der Waals surface area (Å²) in [6, 6.07) is 40.6. The van der Waals surface area contributed by atoms with E-state index < -0.39 is 24.4 Å². The van der Waals surface area contributed by atoms with Crippen molar-refractivity contribution in [1.29, 1.82) is 0 Å². The highest BCUT2D eigenvalue weighted by atomic mass is 16.6. The molecule has 8 heteroatoms. The Morgan fingerprint density at radius 1 is 0.532 bits per heavy atom. The fourth-order valence-corrected chi connectivity index (χ4v) is 8.50. The zero-order valence-corrected chi connectivity index (χ0v) is 37.0. The molecule has 0 saturated carbocycles. The van der Waals surface area contributed by atoms with Crippen molar-refractivity contribution in [3.63, 3.8) is 0 Å². The summed E-state index contributed by atoms with van der Waals surface area (Å²) in [7, 11) is 0. The van der Waals surface area contributed by atoms with E-state index in [1.807, 2.05) is 72.8 Å². The number of carbonyl (C=O) groups is 1. The van der Waals surface area contributed by atoms with Gasteiger partial charge in [-0.2, -0.15) is 0 Å². The van der Waals surface area contributed by atoms with E-state index in [9.17, 15) is 4.79 Å². The molecule has 4 aromatic carbocycles. The van der Waals surface area contributed by atoms with Crippen LogP contribution in [-0.2, 0) is 54.8 Å². The molecule has 1 amide bonds. The molecular weight excluding hydrogens is 775 g/mol. The van der Waals surface area contributed by atoms with Crippen molar-refractivity contribution >= 4 is 6.09 Å². The van der Waals surface area contributed by atoms with Crippen LogP contribution in [0.1, 0.15) is 119 Å². The lowest BCUT2D eigenvalue weighted by molar-refractivity contribution is -0.273. The second-order valence-corrected chi connectivity index (χ2v) is 16.9. The molecule has 0 spiro atoms. The van der Waals surface area contributed by atoms with Gasteiger partial charge in [0.05, 0.1) is 45.2 Å². The van der Waals surface area contributed by atoms with E-state index >= 15 is 0 Å². The maximum absolute atomic E-state index is 12.7. The Balaban J connectivity index is 1.14. The Hall–Kier alpha value is -4.31. The Morgan fingerprint density at radius 3 is 1.50 bits per heavy atom. The highest BCUT2D eigenvalue weighted by molar-refractivity contribution is 5.70. The first-order chi connectivity index (χ1) is 30.7. The zero-order valence-electron chi connectivity index (χ0n) is 37.0. The minimum Gasteiger partial charge on any atom is -0.440 e. The van der Waals surface area contributed by atoms with E-state index in [-0.39, 0.29) is 24.3 Å². The van der Waals surface area contributed by atoms with Gasteiger partial charge in [-0.15, -0.1) is 0 Å². The molecule has 2 heterocycles. The number of allylic oxidation sites excluding steroid dienone is 1. The van der Waals surface area contributed by atoms with E-state index in [0.29, 0.717) is 45.9 Å². The SMILES string of the molecule is CCCCCCCCCCCCC/C=C/[C@H]1OC(=O)N[C@H]1CC[C@@H]1O[C@H](COCc2ccccc2)[C@H](OCc2ccccc2)[C@H](OCc2ccccc2)[C@H]1OCc1ccccc1. The number of rotatable bonds is 29. The van der Waals surface area contributed by atoms with Gasteiger partial charge in [-0.05, 0) is 54.0 Å². The molecule has 0 unspecified atom stereocenters. The van der Waals surface area contributed by atoms with Gasteiger partial charge >= 0.3 is 6.09 Å². The Morgan fingerprint density at radius 2 is 0.984 bits per heavy atom. The van der Waals surface area contributed by atoms with Gasteiger partial charge in [0.2, 0.25) is 0 Å². The third kappa shape index (κ3) is 16.4. The Bertz CT molecular complexity index is 1790. The van der Waals surface area contributed by atoms with Crippen LogP contribution in [0.3, 0.4) is 0 Å². The molecule has 7 atom stereocenters. The fraction of sp³-hybridized carbons (Fsp3) is 0.500.